The highest BCUT2D eigenvalue weighted by Crippen LogP contribution is 2.50. The minimum atomic E-state index is -3.66. The number of quaternary nitrogens is 1. The first kappa shape index (κ1) is 38.3. The number of rotatable bonds is 14. The van der Waals surface area contributed by atoms with Gasteiger partial charge in [0, 0.05) is 56.7 Å². The fraction of sp³-hybridized carbons (Fsp3) is 0.548. The second-order valence-corrected chi connectivity index (χ2v) is 17.7. The van der Waals surface area contributed by atoms with Crippen LogP contribution in [0.15, 0.2) is 71.6 Å². The maximum Gasteiger partial charge on any atom is 0.307 e. The molecule has 0 spiro atoms. The number of aliphatic hydroxyl groups is 1. The van der Waals surface area contributed by atoms with Crippen molar-refractivity contribution in [2.45, 2.75) is 95.6 Å². The molecule has 3 fully saturated rings. The van der Waals surface area contributed by atoms with Crippen LogP contribution in [0.1, 0.15) is 87.5 Å². The molecular formula is C42H58N3O6S+. The van der Waals surface area contributed by atoms with Gasteiger partial charge in [-0.05, 0) is 59.9 Å². The summed E-state index contributed by atoms with van der Waals surface area (Å²) in [7, 11) is 0.237. The van der Waals surface area contributed by atoms with Gasteiger partial charge in [0.2, 0.25) is 6.23 Å². The first-order chi connectivity index (χ1) is 24.9. The van der Waals surface area contributed by atoms with Gasteiger partial charge in [-0.15, -0.1) is 0 Å². The maximum absolute atomic E-state index is 14.2. The zero-order chi connectivity index (χ0) is 37.1. The van der Waals surface area contributed by atoms with Crippen LogP contribution in [0.5, 0.6) is 5.75 Å². The second kappa shape index (κ2) is 15.9. The second-order valence-electron chi connectivity index (χ2n) is 15.7. The lowest BCUT2D eigenvalue weighted by molar-refractivity contribution is -0.993. The lowest BCUT2D eigenvalue weighted by Crippen LogP contribution is -2.72. The van der Waals surface area contributed by atoms with E-state index in [1.54, 1.807) is 6.07 Å². The highest BCUT2D eigenvalue weighted by molar-refractivity contribution is 7.91. The normalized spacial score (nSPS) is 25.9. The minimum absolute atomic E-state index is 0.0443. The molecular weight excluding hydrogens is 675 g/mol. The Morgan fingerprint density at radius 3 is 2.17 bits per heavy atom. The fourth-order valence-corrected chi connectivity index (χ4v) is 11.0. The van der Waals surface area contributed by atoms with Crippen LogP contribution in [0, 0.1) is 5.41 Å². The third-order valence-electron chi connectivity index (χ3n) is 11.9. The van der Waals surface area contributed by atoms with Gasteiger partial charge in [0.05, 0.1) is 36.4 Å². The lowest BCUT2D eigenvalue weighted by atomic mass is 9.68. The number of esters is 1. The van der Waals surface area contributed by atoms with Crippen molar-refractivity contribution in [3.63, 3.8) is 0 Å². The van der Waals surface area contributed by atoms with Crippen molar-refractivity contribution < 1.29 is 32.3 Å². The fourth-order valence-electron chi connectivity index (χ4n) is 8.80. The summed E-state index contributed by atoms with van der Waals surface area (Å²) in [4.78, 5) is 16.5. The van der Waals surface area contributed by atoms with Crippen LogP contribution in [0.3, 0.4) is 0 Å². The maximum atomic E-state index is 14.2. The van der Waals surface area contributed by atoms with Crippen LogP contribution in [0.4, 0.5) is 5.69 Å². The van der Waals surface area contributed by atoms with Crippen molar-refractivity contribution in [2.75, 3.05) is 57.5 Å². The molecule has 1 unspecified atom stereocenters. The molecule has 3 aromatic carbocycles. The van der Waals surface area contributed by atoms with Gasteiger partial charge in [0.1, 0.15) is 18.9 Å². The molecule has 282 valence electrons. The number of anilines is 1. The van der Waals surface area contributed by atoms with Gasteiger partial charge in [-0.3, -0.25) is 14.2 Å². The minimum Gasteiger partial charge on any atom is -0.489 e. The van der Waals surface area contributed by atoms with Crippen molar-refractivity contribution >= 4 is 21.5 Å². The van der Waals surface area contributed by atoms with E-state index in [9.17, 15) is 18.3 Å². The smallest absolute Gasteiger partial charge is 0.307 e. The van der Waals surface area contributed by atoms with Gasteiger partial charge in [0.15, 0.2) is 9.84 Å². The quantitative estimate of drug-likeness (QED) is 0.148. The molecule has 7 rings (SSSR count). The van der Waals surface area contributed by atoms with E-state index in [4.69, 9.17) is 9.47 Å². The molecule has 0 saturated carbocycles. The molecule has 1 N–H and O–H groups in total. The Kier molecular flexibility index (Phi) is 11.7. The van der Waals surface area contributed by atoms with Crippen LogP contribution in [0.25, 0.3) is 0 Å². The van der Waals surface area contributed by atoms with E-state index < -0.39 is 27.3 Å². The number of hydrogen-bond acceptors (Lipinski definition) is 8. The predicted octanol–water partition coefficient (Wildman–Crippen LogP) is 6.51. The highest BCUT2D eigenvalue weighted by Gasteiger charge is 2.50. The van der Waals surface area contributed by atoms with E-state index in [0.717, 1.165) is 86.2 Å². The predicted molar refractivity (Wildman–Crippen MR) is 205 cm³/mol. The average Bonchev–Trinajstić information content (AvgIpc) is 3.20. The third-order valence-corrected chi connectivity index (χ3v) is 13.9. The number of hydrogen-bond donors (Lipinski definition) is 1. The van der Waals surface area contributed by atoms with Crippen LogP contribution in [-0.2, 0) is 32.5 Å². The number of nitrogens with zero attached hydrogens (tertiary/aromatic N) is 3. The van der Waals surface area contributed by atoms with E-state index in [-0.39, 0.29) is 18.0 Å². The highest BCUT2D eigenvalue weighted by atomic mass is 32.2. The number of ether oxygens (including phenoxy) is 2. The molecule has 4 aliphatic rings. The average molecular weight is 733 g/mol. The van der Waals surface area contributed by atoms with Crippen molar-refractivity contribution in [1.82, 2.24) is 4.90 Å². The summed E-state index contributed by atoms with van der Waals surface area (Å²) in [6.45, 7) is 11.8. The zero-order valence-corrected chi connectivity index (χ0v) is 32.5. The number of sulfone groups is 1. The standard InChI is InChI=1S/C42H58N3O6S/c1-6-8-20-42(21-9-7-2)30-52(48,49)38-19-16-35(43(4)5)26-37(38)40(41(42)47)34-14-17-36(18-15-34)50-29-33-12-10-32(11-13-33)28-45-24-22-44(23-25-45)27-39(45)51-31(3)46/h10-19,26,39-41,47H,6-9,20-25,27-30H2,1-5H3/q+1/t39?,40-,41-/m1/s1. The number of aliphatic hydroxyl groups excluding tert-OH is 1. The molecule has 10 heteroatoms. The molecule has 3 saturated heterocycles. The summed E-state index contributed by atoms with van der Waals surface area (Å²) in [6, 6.07) is 22.0. The van der Waals surface area contributed by atoms with Gasteiger partial charge in [0.25, 0.3) is 0 Å². The van der Waals surface area contributed by atoms with Crippen molar-refractivity contribution in [3.8, 4) is 5.75 Å². The molecule has 52 heavy (non-hydrogen) atoms. The first-order valence-electron chi connectivity index (χ1n) is 19.2. The number of carbonyl (C=O) groups is 1. The molecule has 4 heterocycles. The van der Waals surface area contributed by atoms with Crippen molar-refractivity contribution in [3.05, 3.63) is 89.0 Å². The topological polar surface area (TPSA) is 96.4 Å². The van der Waals surface area contributed by atoms with Gasteiger partial charge in [-0.2, -0.15) is 0 Å². The Morgan fingerprint density at radius 1 is 0.942 bits per heavy atom. The van der Waals surface area contributed by atoms with E-state index in [1.165, 1.54) is 12.5 Å². The van der Waals surface area contributed by atoms with Crippen molar-refractivity contribution in [1.29, 1.82) is 0 Å². The number of piperazine rings is 3. The van der Waals surface area contributed by atoms with Crippen LogP contribution >= 0.6 is 0 Å². The van der Waals surface area contributed by atoms with Crippen LogP contribution < -0.4 is 9.64 Å². The first-order valence-corrected chi connectivity index (χ1v) is 20.8. The summed E-state index contributed by atoms with van der Waals surface area (Å²) in [5, 5.41) is 12.5. The zero-order valence-electron chi connectivity index (χ0n) is 31.7. The number of carbonyl (C=O) groups excluding carboxylic acids is 1. The van der Waals surface area contributed by atoms with E-state index in [2.05, 4.69) is 43.0 Å². The Balaban J connectivity index is 1.22. The summed E-state index contributed by atoms with van der Waals surface area (Å²) >= 11 is 0. The number of unbranched alkanes of at least 4 members (excludes halogenated alkanes) is 2. The van der Waals surface area contributed by atoms with Gasteiger partial charge in [-0.25, -0.2) is 8.42 Å². The summed E-state index contributed by atoms with van der Waals surface area (Å²) < 4.78 is 41.1. The number of fused-ring (bicyclic) bond motifs is 4. The summed E-state index contributed by atoms with van der Waals surface area (Å²) in [5.74, 6) is -0.0531. The van der Waals surface area contributed by atoms with Crippen LogP contribution in [-0.4, -0.2) is 93.8 Å². The molecule has 3 atom stereocenters. The Hall–Kier alpha value is -3.44. The SMILES string of the molecule is CCCCC1(CCCC)CS(=O)(=O)c2ccc(N(C)C)cc2[C@@H](c2ccc(OCc3ccc(C[N+]45CCN(CC4)CC5OC(C)=O)cc3)cc2)[C@H]1O. The lowest BCUT2D eigenvalue weighted by Gasteiger charge is -2.54. The summed E-state index contributed by atoms with van der Waals surface area (Å²) in [6.07, 6.45) is 3.95. The molecule has 0 aromatic heterocycles. The molecule has 0 radical (unpaired) electrons. The molecule has 0 amide bonds. The Labute approximate surface area is 311 Å². The molecule has 0 aliphatic carbocycles. The third kappa shape index (κ3) is 8.05. The van der Waals surface area contributed by atoms with E-state index >= 15 is 0 Å². The Bertz CT molecular complexity index is 1780. The summed E-state index contributed by atoms with van der Waals surface area (Å²) in [5.41, 5.74) is 3.98. The van der Waals surface area contributed by atoms with Crippen molar-refractivity contribution in [2.24, 2.45) is 5.41 Å². The molecule has 3 aromatic rings. The van der Waals surface area contributed by atoms with Gasteiger partial charge in [-0.1, -0.05) is 75.9 Å². The van der Waals surface area contributed by atoms with E-state index in [1.807, 2.05) is 55.4 Å². The largest absolute Gasteiger partial charge is 0.489 e. The van der Waals surface area contributed by atoms with Crippen LogP contribution in [0.2, 0.25) is 0 Å². The molecule has 9 nitrogen and oxygen atoms in total. The number of benzene rings is 3. The molecule has 4 aliphatic heterocycles. The van der Waals surface area contributed by atoms with E-state index in [0.29, 0.717) is 35.7 Å². The van der Waals surface area contributed by atoms with Gasteiger partial charge >= 0.3 is 5.97 Å². The Morgan fingerprint density at radius 2 is 1.58 bits per heavy atom. The molecule has 2 bridgehead atoms. The monoisotopic (exact) mass is 732 g/mol. The van der Waals surface area contributed by atoms with Gasteiger partial charge < -0.3 is 19.5 Å².